The van der Waals surface area contributed by atoms with Gasteiger partial charge in [-0.1, -0.05) is 43.5 Å². The van der Waals surface area contributed by atoms with Crippen molar-refractivity contribution in [3.8, 4) is 0 Å². The fourth-order valence-corrected chi connectivity index (χ4v) is 2.50. The predicted octanol–water partition coefficient (Wildman–Crippen LogP) is 2.37. The summed E-state index contributed by atoms with van der Waals surface area (Å²) in [5, 5.41) is 3.06. The van der Waals surface area contributed by atoms with E-state index in [0.717, 1.165) is 18.3 Å². The largest absolute Gasteiger partial charge is 0.312 e. The molecule has 2 unspecified atom stereocenters. The number of nitrogens with one attached hydrogen (secondary N) is 1. The van der Waals surface area contributed by atoms with E-state index in [0.29, 0.717) is 12.8 Å². The first-order chi connectivity index (χ1) is 9.14. The number of rotatable bonds is 7. The summed E-state index contributed by atoms with van der Waals surface area (Å²) in [7, 11) is 1.76. The number of Topliss-reactive ketones (excluding diaryl/α,β-unsaturated/α-hetero) is 1. The number of ketones is 1. The van der Waals surface area contributed by atoms with E-state index >= 15 is 0 Å². The van der Waals surface area contributed by atoms with E-state index in [-0.39, 0.29) is 11.8 Å². The van der Waals surface area contributed by atoms with Crippen LogP contribution in [0.15, 0.2) is 49.1 Å². The number of hydrogen-bond acceptors (Lipinski definition) is 3. The van der Waals surface area contributed by atoms with Gasteiger partial charge in [-0.15, -0.1) is 0 Å². The standard InChI is InChI=1S/C16H21NO2/c1-4-7-13(5-2)9-10-14(17-3)16(12-18)11-6-8-15(16)19/h4-5,7,9-10,12,14,17H,1-2,6,8,11H2,3H3/b10-9+,13-7+. The summed E-state index contributed by atoms with van der Waals surface area (Å²) in [5.74, 6) is 0.0272. The van der Waals surface area contributed by atoms with Crippen molar-refractivity contribution in [3.63, 3.8) is 0 Å². The second-order valence-corrected chi connectivity index (χ2v) is 4.67. The van der Waals surface area contributed by atoms with Crippen LogP contribution in [0.3, 0.4) is 0 Å². The Hall–Kier alpha value is -1.74. The number of likely N-dealkylation sites (N-methyl/N-ethyl adjacent to an activating group) is 1. The molecular weight excluding hydrogens is 238 g/mol. The van der Waals surface area contributed by atoms with Crippen molar-refractivity contribution < 1.29 is 9.59 Å². The molecule has 0 bridgehead atoms. The smallest absolute Gasteiger partial charge is 0.148 e. The van der Waals surface area contributed by atoms with Gasteiger partial charge in [-0.05, 0) is 25.5 Å². The molecule has 1 saturated carbocycles. The van der Waals surface area contributed by atoms with Gasteiger partial charge in [0.05, 0.1) is 0 Å². The van der Waals surface area contributed by atoms with E-state index in [1.54, 1.807) is 19.2 Å². The van der Waals surface area contributed by atoms with Crippen molar-refractivity contribution in [3.05, 3.63) is 49.1 Å². The molecule has 1 fully saturated rings. The Morgan fingerprint density at radius 3 is 2.63 bits per heavy atom. The summed E-state index contributed by atoms with van der Waals surface area (Å²) in [4.78, 5) is 23.4. The second kappa shape index (κ2) is 7.00. The minimum Gasteiger partial charge on any atom is -0.312 e. The van der Waals surface area contributed by atoms with Gasteiger partial charge < -0.3 is 10.1 Å². The van der Waals surface area contributed by atoms with Crippen molar-refractivity contribution in [1.29, 1.82) is 0 Å². The zero-order valence-corrected chi connectivity index (χ0v) is 11.4. The van der Waals surface area contributed by atoms with Crippen LogP contribution in [0.25, 0.3) is 0 Å². The monoisotopic (exact) mass is 259 g/mol. The molecule has 1 aliphatic rings. The van der Waals surface area contributed by atoms with Crippen LogP contribution in [0.2, 0.25) is 0 Å². The average molecular weight is 259 g/mol. The highest BCUT2D eigenvalue weighted by atomic mass is 16.1. The van der Waals surface area contributed by atoms with Crippen LogP contribution in [-0.4, -0.2) is 25.2 Å². The maximum Gasteiger partial charge on any atom is 0.148 e. The van der Waals surface area contributed by atoms with Gasteiger partial charge in [-0.2, -0.15) is 0 Å². The summed E-state index contributed by atoms with van der Waals surface area (Å²) in [5.41, 5.74) is -0.0205. The fraction of sp³-hybridized carbons (Fsp3) is 0.375. The average Bonchev–Trinajstić information content (AvgIpc) is 2.80. The maximum atomic E-state index is 12.0. The third-order valence-corrected chi connectivity index (χ3v) is 3.62. The molecule has 0 spiro atoms. The van der Waals surface area contributed by atoms with Crippen molar-refractivity contribution in [2.45, 2.75) is 25.3 Å². The Bertz CT molecular complexity index is 434. The van der Waals surface area contributed by atoms with Gasteiger partial charge in [0.15, 0.2) is 0 Å². The molecule has 0 aromatic carbocycles. The Morgan fingerprint density at radius 1 is 1.47 bits per heavy atom. The predicted molar refractivity (Wildman–Crippen MR) is 77.8 cm³/mol. The van der Waals surface area contributed by atoms with E-state index < -0.39 is 5.41 Å². The number of hydrogen-bond donors (Lipinski definition) is 1. The Balaban J connectivity index is 3.00. The molecule has 0 aliphatic heterocycles. The highest BCUT2D eigenvalue weighted by molar-refractivity contribution is 6.01. The normalized spacial score (nSPS) is 25.5. The van der Waals surface area contributed by atoms with Gasteiger partial charge in [-0.3, -0.25) is 4.79 Å². The third-order valence-electron chi connectivity index (χ3n) is 3.62. The summed E-state index contributed by atoms with van der Waals surface area (Å²) < 4.78 is 0. The summed E-state index contributed by atoms with van der Waals surface area (Å²) in [6.07, 6.45) is 11.6. The van der Waals surface area contributed by atoms with E-state index in [4.69, 9.17) is 0 Å². The van der Waals surface area contributed by atoms with Crippen LogP contribution < -0.4 is 5.32 Å². The molecule has 0 radical (unpaired) electrons. The highest BCUT2D eigenvalue weighted by Crippen LogP contribution is 2.36. The number of carbonyl (C=O) groups excluding carboxylic acids is 2. The molecule has 3 nitrogen and oxygen atoms in total. The van der Waals surface area contributed by atoms with E-state index in [9.17, 15) is 9.59 Å². The van der Waals surface area contributed by atoms with Gasteiger partial charge >= 0.3 is 0 Å². The first-order valence-corrected chi connectivity index (χ1v) is 6.45. The van der Waals surface area contributed by atoms with Crippen molar-refractivity contribution >= 4 is 12.1 Å². The van der Waals surface area contributed by atoms with Crippen LogP contribution in [0, 0.1) is 5.41 Å². The van der Waals surface area contributed by atoms with Gasteiger partial charge in [0, 0.05) is 12.5 Å². The molecule has 0 aromatic rings. The van der Waals surface area contributed by atoms with E-state index in [1.807, 2.05) is 18.2 Å². The van der Waals surface area contributed by atoms with Gasteiger partial charge in [0.1, 0.15) is 17.5 Å². The van der Waals surface area contributed by atoms with Crippen molar-refractivity contribution in [2.75, 3.05) is 7.05 Å². The Kier molecular flexibility index (Phi) is 5.64. The van der Waals surface area contributed by atoms with Gasteiger partial charge in [-0.25, -0.2) is 0 Å². The fourth-order valence-electron chi connectivity index (χ4n) is 2.50. The lowest BCUT2D eigenvalue weighted by Gasteiger charge is -2.28. The van der Waals surface area contributed by atoms with Crippen LogP contribution in [0.4, 0.5) is 0 Å². The lowest BCUT2D eigenvalue weighted by molar-refractivity contribution is -0.132. The first-order valence-electron chi connectivity index (χ1n) is 6.45. The van der Waals surface area contributed by atoms with Crippen LogP contribution in [0.1, 0.15) is 19.3 Å². The van der Waals surface area contributed by atoms with E-state index in [1.165, 1.54) is 0 Å². The first kappa shape index (κ1) is 15.3. The molecule has 0 saturated heterocycles. The number of carbonyl (C=O) groups is 2. The highest BCUT2D eigenvalue weighted by Gasteiger charge is 2.46. The molecule has 19 heavy (non-hydrogen) atoms. The quantitative estimate of drug-likeness (QED) is 0.434. The molecule has 1 rings (SSSR count). The maximum absolute atomic E-state index is 12.0. The summed E-state index contributed by atoms with van der Waals surface area (Å²) >= 11 is 0. The SMILES string of the molecule is C=C/C=C(C=C)/C=C/C(NC)C1(C=O)CCCC1=O. The second-order valence-electron chi connectivity index (χ2n) is 4.67. The lowest BCUT2D eigenvalue weighted by Crippen LogP contribution is -2.46. The summed E-state index contributed by atoms with van der Waals surface area (Å²) in [6.45, 7) is 7.34. The molecule has 1 N–H and O–H groups in total. The molecular formula is C16H21NO2. The Morgan fingerprint density at radius 2 is 2.21 bits per heavy atom. The molecule has 3 heteroatoms. The zero-order valence-electron chi connectivity index (χ0n) is 11.4. The molecule has 0 aromatic heterocycles. The van der Waals surface area contributed by atoms with Crippen LogP contribution in [-0.2, 0) is 9.59 Å². The third kappa shape index (κ3) is 3.18. The van der Waals surface area contributed by atoms with E-state index in [2.05, 4.69) is 18.5 Å². The van der Waals surface area contributed by atoms with Gasteiger partial charge in [0.25, 0.3) is 0 Å². The topological polar surface area (TPSA) is 46.2 Å². The lowest BCUT2D eigenvalue weighted by atomic mass is 9.78. The summed E-state index contributed by atoms with van der Waals surface area (Å²) in [6, 6.07) is -0.284. The molecule has 0 amide bonds. The number of allylic oxidation sites excluding steroid dienone is 5. The molecule has 0 heterocycles. The minimum absolute atomic E-state index is 0.0272. The minimum atomic E-state index is -0.911. The zero-order chi connectivity index (χ0) is 14.3. The van der Waals surface area contributed by atoms with Crippen molar-refractivity contribution in [1.82, 2.24) is 5.32 Å². The Labute approximate surface area is 114 Å². The van der Waals surface area contributed by atoms with Crippen molar-refractivity contribution in [2.24, 2.45) is 5.41 Å². The molecule has 1 aliphatic carbocycles. The molecule has 102 valence electrons. The van der Waals surface area contributed by atoms with Crippen LogP contribution >= 0.6 is 0 Å². The molecule has 2 atom stereocenters. The van der Waals surface area contributed by atoms with Gasteiger partial charge in [0.2, 0.25) is 0 Å². The number of aldehydes is 1. The van der Waals surface area contributed by atoms with Crippen LogP contribution in [0.5, 0.6) is 0 Å².